The SMILES string of the molecule is CNC(=O)NC[C@H](CC(C)C)NC(=O)NC[C@H](C)NC(=O)NC[C@@H](NC(=O)NC[C@H](CC(C)C)NC(=O)NC[C@H](C)N)C(C)C.Cl. The lowest BCUT2D eigenvalue weighted by atomic mass is 10.0. The normalized spacial score (nSPS) is 14.0. The summed E-state index contributed by atoms with van der Waals surface area (Å²) in [6, 6.07) is -3.36. The van der Waals surface area contributed by atoms with Crippen LogP contribution in [0.2, 0.25) is 0 Å². The van der Waals surface area contributed by atoms with Crippen molar-refractivity contribution < 1.29 is 24.0 Å². The van der Waals surface area contributed by atoms with E-state index in [0.29, 0.717) is 31.2 Å². The van der Waals surface area contributed by atoms with Crippen molar-refractivity contribution in [1.82, 2.24) is 53.2 Å². The fourth-order valence-electron chi connectivity index (χ4n) is 4.22. The van der Waals surface area contributed by atoms with Gasteiger partial charge in [-0.15, -0.1) is 12.4 Å². The molecule has 0 saturated carbocycles. The molecule has 0 saturated heterocycles. The predicted octanol–water partition coefficient (Wildman–Crippen LogP) is 1.12. The average Bonchev–Trinajstić information content (AvgIpc) is 2.93. The highest BCUT2D eigenvalue weighted by molar-refractivity contribution is 5.85. The summed E-state index contributed by atoms with van der Waals surface area (Å²) in [6.45, 7) is 16.7. The van der Waals surface area contributed by atoms with Gasteiger partial charge in [0, 0.05) is 63.9 Å². The van der Waals surface area contributed by atoms with Crippen LogP contribution in [0.1, 0.15) is 68.2 Å². The first-order chi connectivity index (χ1) is 21.0. The van der Waals surface area contributed by atoms with Gasteiger partial charge in [-0.05, 0) is 44.4 Å². The Hall–Kier alpha value is -3.40. The topological polar surface area (TPSA) is 232 Å². The summed E-state index contributed by atoms with van der Waals surface area (Å²) in [7, 11) is 1.52. The Labute approximate surface area is 281 Å². The molecule has 0 rings (SSSR count). The van der Waals surface area contributed by atoms with Gasteiger partial charge in [-0.3, -0.25) is 0 Å². The van der Waals surface area contributed by atoms with E-state index < -0.39 is 18.1 Å². The third-order valence-electron chi connectivity index (χ3n) is 6.56. The largest absolute Gasteiger partial charge is 0.341 e. The number of nitrogens with two attached hydrogens (primary N) is 1. The Morgan fingerprint density at radius 3 is 1.35 bits per heavy atom. The lowest BCUT2D eigenvalue weighted by Gasteiger charge is -2.25. The first-order valence-corrected chi connectivity index (χ1v) is 15.9. The van der Waals surface area contributed by atoms with E-state index in [4.69, 9.17) is 5.73 Å². The molecule has 0 aromatic heterocycles. The van der Waals surface area contributed by atoms with Crippen LogP contribution in [0.3, 0.4) is 0 Å². The third kappa shape index (κ3) is 23.9. The monoisotopic (exact) mass is 679 g/mol. The molecule has 0 unspecified atom stereocenters. The number of nitrogens with one attached hydrogen (secondary N) is 10. The number of amides is 10. The summed E-state index contributed by atoms with van der Waals surface area (Å²) in [5, 5.41) is 27.6. The molecule has 17 heteroatoms. The van der Waals surface area contributed by atoms with Gasteiger partial charge < -0.3 is 58.9 Å². The Balaban J connectivity index is 0. The van der Waals surface area contributed by atoms with E-state index in [2.05, 4.69) is 53.2 Å². The minimum absolute atomic E-state index is 0. The molecular formula is C29H62ClN11O5. The highest BCUT2D eigenvalue weighted by atomic mass is 35.5. The molecule has 0 radical (unpaired) electrons. The Kier molecular flexibility index (Phi) is 24.1. The number of hydrogen-bond donors (Lipinski definition) is 11. The zero-order valence-electron chi connectivity index (χ0n) is 29.1. The van der Waals surface area contributed by atoms with Gasteiger partial charge in [-0.2, -0.15) is 0 Å². The maximum absolute atomic E-state index is 12.7. The molecular weight excluding hydrogens is 618 g/mol. The summed E-state index contributed by atoms with van der Waals surface area (Å²) in [5.41, 5.74) is 5.69. The van der Waals surface area contributed by atoms with E-state index in [1.54, 1.807) is 13.8 Å². The van der Waals surface area contributed by atoms with Crippen LogP contribution in [0.4, 0.5) is 24.0 Å². The van der Waals surface area contributed by atoms with Gasteiger partial charge in [-0.25, -0.2) is 24.0 Å². The van der Waals surface area contributed by atoms with E-state index in [1.165, 1.54) is 7.05 Å². The zero-order chi connectivity index (χ0) is 34.5. The summed E-state index contributed by atoms with van der Waals surface area (Å²) in [4.78, 5) is 61.3. The van der Waals surface area contributed by atoms with Crippen LogP contribution in [0, 0.1) is 17.8 Å². The molecule has 0 aliphatic carbocycles. The quantitative estimate of drug-likeness (QED) is 0.0957. The van der Waals surface area contributed by atoms with Gasteiger partial charge >= 0.3 is 30.2 Å². The molecule has 46 heavy (non-hydrogen) atoms. The second-order valence-electron chi connectivity index (χ2n) is 12.8. The molecule has 16 nitrogen and oxygen atoms in total. The van der Waals surface area contributed by atoms with Crippen molar-refractivity contribution >= 4 is 42.6 Å². The second-order valence-corrected chi connectivity index (χ2v) is 12.8. The van der Waals surface area contributed by atoms with E-state index in [9.17, 15) is 24.0 Å². The predicted molar refractivity (Wildman–Crippen MR) is 184 cm³/mol. The molecule has 0 bridgehead atoms. The summed E-state index contributed by atoms with van der Waals surface area (Å²) in [6.07, 6.45) is 1.35. The molecule has 0 heterocycles. The first-order valence-electron chi connectivity index (χ1n) is 15.9. The van der Waals surface area contributed by atoms with Crippen LogP contribution in [-0.4, -0.2) is 100 Å². The molecule has 10 amide bonds. The van der Waals surface area contributed by atoms with Crippen molar-refractivity contribution in [2.24, 2.45) is 23.5 Å². The Bertz CT molecular complexity index is 909. The van der Waals surface area contributed by atoms with E-state index in [1.807, 2.05) is 41.5 Å². The summed E-state index contributed by atoms with van der Waals surface area (Å²) in [5.74, 6) is 0.624. The van der Waals surface area contributed by atoms with Crippen molar-refractivity contribution in [1.29, 1.82) is 0 Å². The fourth-order valence-corrected chi connectivity index (χ4v) is 4.22. The standard InChI is InChI=1S/C29H61N11O5.ClH/c1-17(2)10-22(14-34-25(41)31-9)39-28(44)33-13-21(8)37-26(42)36-16-24(19(5)6)40-29(45)35-15-23(11-18(3)4)38-27(43)32-12-20(7)30;/h17-24H,10-16,30H2,1-9H3,(H2,31,34,41)(H2,32,38,43)(H2,33,39,44)(H2,35,40,45)(H2,36,37,42);1H/t20-,21-,22-,23-,24+;/m0./s1. The maximum Gasteiger partial charge on any atom is 0.315 e. The molecule has 0 aliphatic rings. The minimum Gasteiger partial charge on any atom is -0.341 e. The van der Waals surface area contributed by atoms with Crippen LogP contribution >= 0.6 is 12.4 Å². The third-order valence-corrected chi connectivity index (χ3v) is 6.56. The molecule has 0 aromatic carbocycles. The summed E-state index contributed by atoms with van der Waals surface area (Å²) >= 11 is 0. The first kappa shape index (κ1) is 44.7. The number of urea groups is 5. The lowest BCUT2D eigenvalue weighted by Crippen LogP contribution is -2.55. The van der Waals surface area contributed by atoms with Crippen LogP contribution in [0.15, 0.2) is 0 Å². The van der Waals surface area contributed by atoms with E-state index >= 15 is 0 Å². The van der Waals surface area contributed by atoms with Crippen LogP contribution in [-0.2, 0) is 0 Å². The Morgan fingerprint density at radius 1 is 0.522 bits per heavy atom. The van der Waals surface area contributed by atoms with Crippen molar-refractivity contribution in [3.63, 3.8) is 0 Å². The van der Waals surface area contributed by atoms with E-state index in [0.717, 1.165) is 0 Å². The van der Waals surface area contributed by atoms with Gasteiger partial charge in [0.25, 0.3) is 0 Å². The van der Waals surface area contributed by atoms with Crippen molar-refractivity contribution in [2.45, 2.75) is 98.4 Å². The molecule has 0 fully saturated rings. The van der Waals surface area contributed by atoms with Gasteiger partial charge in [0.15, 0.2) is 0 Å². The number of rotatable bonds is 19. The highest BCUT2D eigenvalue weighted by Crippen LogP contribution is 2.05. The number of hydrogen-bond acceptors (Lipinski definition) is 6. The van der Waals surface area contributed by atoms with Crippen molar-refractivity contribution in [2.75, 3.05) is 39.8 Å². The van der Waals surface area contributed by atoms with Gasteiger partial charge in [0.2, 0.25) is 0 Å². The zero-order valence-corrected chi connectivity index (χ0v) is 29.9. The minimum atomic E-state index is -0.441. The molecule has 0 spiro atoms. The highest BCUT2D eigenvalue weighted by Gasteiger charge is 2.20. The fraction of sp³-hybridized carbons (Fsp3) is 0.828. The number of halogens is 1. The van der Waals surface area contributed by atoms with Gasteiger partial charge in [0.05, 0.1) is 6.04 Å². The molecule has 0 aromatic rings. The smallest absolute Gasteiger partial charge is 0.315 e. The molecule has 0 aliphatic heterocycles. The van der Waals surface area contributed by atoms with Crippen LogP contribution < -0.4 is 58.9 Å². The molecule has 270 valence electrons. The maximum atomic E-state index is 12.7. The van der Waals surface area contributed by atoms with Crippen LogP contribution in [0.5, 0.6) is 0 Å². The van der Waals surface area contributed by atoms with Gasteiger partial charge in [-0.1, -0.05) is 41.5 Å². The lowest BCUT2D eigenvalue weighted by molar-refractivity contribution is 0.222. The van der Waals surface area contributed by atoms with Gasteiger partial charge in [0.1, 0.15) is 0 Å². The average molecular weight is 680 g/mol. The second kappa shape index (κ2) is 24.8. The summed E-state index contributed by atoms with van der Waals surface area (Å²) < 4.78 is 0. The van der Waals surface area contributed by atoms with E-state index in [-0.39, 0.29) is 86.8 Å². The van der Waals surface area contributed by atoms with Crippen LogP contribution in [0.25, 0.3) is 0 Å². The molecule has 5 atom stereocenters. The van der Waals surface area contributed by atoms with Crippen molar-refractivity contribution in [3.05, 3.63) is 0 Å². The van der Waals surface area contributed by atoms with Crippen molar-refractivity contribution in [3.8, 4) is 0 Å². The number of carbonyl (C=O) groups excluding carboxylic acids is 5. The molecule has 12 N–H and O–H groups in total. The number of carbonyl (C=O) groups is 5. The Morgan fingerprint density at radius 2 is 0.913 bits per heavy atom.